The van der Waals surface area contributed by atoms with Crippen molar-refractivity contribution in [3.63, 3.8) is 0 Å². The predicted octanol–water partition coefficient (Wildman–Crippen LogP) is 3.22. The third kappa shape index (κ3) is 7.56. The van der Waals surface area contributed by atoms with Gasteiger partial charge >= 0.3 is 0 Å². The van der Waals surface area contributed by atoms with E-state index in [1.165, 1.54) is 0 Å². The molecule has 170 valence electrons. The van der Waals surface area contributed by atoms with Gasteiger partial charge in [0.25, 0.3) is 0 Å². The number of hydrogen-bond acceptors (Lipinski definition) is 6. The zero-order valence-corrected chi connectivity index (χ0v) is 19.6. The second-order valence-corrected chi connectivity index (χ2v) is 8.03. The molecular formula is C23H32N2O5S. The van der Waals surface area contributed by atoms with Gasteiger partial charge in [0.2, 0.25) is 11.8 Å². The molecule has 31 heavy (non-hydrogen) atoms. The highest BCUT2D eigenvalue weighted by atomic mass is 32.1. The Morgan fingerprint density at radius 2 is 1.74 bits per heavy atom. The number of nitrogens with zero attached hydrogens (tertiary/aromatic N) is 2. The van der Waals surface area contributed by atoms with E-state index in [2.05, 4.69) is 0 Å². The molecule has 1 heterocycles. The Kier molecular flexibility index (Phi) is 10.3. The van der Waals surface area contributed by atoms with Gasteiger partial charge in [0.1, 0.15) is 0 Å². The summed E-state index contributed by atoms with van der Waals surface area (Å²) in [6.45, 7) is 3.69. The summed E-state index contributed by atoms with van der Waals surface area (Å²) in [6.07, 6.45) is 1.02. The Morgan fingerprint density at radius 1 is 0.968 bits per heavy atom. The van der Waals surface area contributed by atoms with Crippen LogP contribution in [-0.4, -0.2) is 69.2 Å². The van der Waals surface area contributed by atoms with E-state index in [0.717, 1.165) is 10.4 Å². The lowest BCUT2D eigenvalue weighted by molar-refractivity contribution is -0.141. The van der Waals surface area contributed by atoms with E-state index < -0.39 is 0 Å². The zero-order valence-electron chi connectivity index (χ0n) is 18.8. The molecule has 1 aromatic heterocycles. The first-order chi connectivity index (χ1) is 15.0. The summed E-state index contributed by atoms with van der Waals surface area (Å²) < 4.78 is 15.8. The molecule has 7 nitrogen and oxygen atoms in total. The molecule has 2 rings (SSSR count). The average molecular weight is 449 g/mol. The second kappa shape index (κ2) is 13.0. The monoisotopic (exact) mass is 448 g/mol. The van der Waals surface area contributed by atoms with E-state index in [9.17, 15) is 9.59 Å². The maximum Gasteiger partial charge on any atom is 0.242 e. The maximum atomic E-state index is 13.2. The molecule has 0 aliphatic rings. The van der Waals surface area contributed by atoms with Gasteiger partial charge in [-0.1, -0.05) is 19.1 Å². The van der Waals surface area contributed by atoms with Gasteiger partial charge in [-0.3, -0.25) is 9.59 Å². The predicted molar refractivity (Wildman–Crippen MR) is 122 cm³/mol. The number of rotatable bonds is 13. The minimum atomic E-state index is -0.0771. The van der Waals surface area contributed by atoms with Crippen LogP contribution in [0.2, 0.25) is 0 Å². The molecule has 8 heteroatoms. The smallest absolute Gasteiger partial charge is 0.242 e. The van der Waals surface area contributed by atoms with Crippen molar-refractivity contribution >= 4 is 23.2 Å². The molecule has 0 saturated heterocycles. The van der Waals surface area contributed by atoms with Crippen molar-refractivity contribution in [3.8, 4) is 11.5 Å². The fraction of sp³-hybridized carbons (Fsp3) is 0.478. The molecule has 2 amide bonds. The van der Waals surface area contributed by atoms with Crippen molar-refractivity contribution in [3.05, 3.63) is 46.2 Å². The SMILES string of the molecule is CCC(=O)N(CCOC)CC(=O)N(CCc1ccc(OC)c(OC)c1)Cc1cccs1. The number of ether oxygens (including phenoxy) is 3. The lowest BCUT2D eigenvalue weighted by Gasteiger charge is -2.27. The number of amides is 2. The Morgan fingerprint density at radius 3 is 2.35 bits per heavy atom. The fourth-order valence-electron chi connectivity index (χ4n) is 3.16. The number of carbonyl (C=O) groups is 2. The molecule has 0 fully saturated rings. The zero-order chi connectivity index (χ0) is 22.6. The summed E-state index contributed by atoms with van der Waals surface area (Å²) >= 11 is 1.61. The third-order valence-corrected chi connectivity index (χ3v) is 5.81. The Balaban J connectivity index is 2.12. The van der Waals surface area contributed by atoms with Crippen molar-refractivity contribution in [2.75, 3.05) is 47.6 Å². The summed E-state index contributed by atoms with van der Waals surface area (Å²) in [4.78, 5) is 29.9. The topological polar surface area (TPSA) is 68.3 Å². The Labute approximate surface area is 188 Å². The largest absolute Gasteiger partial charge is 0.493 e. The molecule has 0 atom stereocenters. The highest BCUT2D eigenvalue weighted by molar-refractivity contribution is 7.09. The molecule has 0 aliphatic carbocycles. The highest BCUT2D eigenvalue weighted by Gasteiger charge is 2.21. The average Bonchev–Trinajstić information content (AvgIpc) is 3.31. The van der Waals surface area contributed by atoms with Gasteiger partial charge < -0.3 is 24.0 Å². The summed E-state index contributed by atoms with van der Waals surface area (Å²) in [7, 11) is 4.79. The van der Waals surface area contributed by atoms with E-state index in [1.54, 1.807) is 44.5 Å². The number of benzene rings is 1. The van der Waals surface area contributed by atoms with Gasteiger partial charge in [-0.25, -0.2) is 0 Å². The van der Waals surface area contributed by atoms with Crippen LogP contribution >= 0.6 is 11.3 Å². The molecule has 0 spiro atoms. The van der Waals surface area contributed by atoms with Crippen LogP contribution in [-0.2, 0) is 27.3 Å². The molecule has 0 aliphatic heterocycles. The van der Waals surface area contributed by atoms with Crippen LogP contribution in [0.25, 0.3) is 0 Å². The van der Waals surface area contributed by atoms with Crippen molar-refractivity contribution in [1.82, 2.24) is 9.80 Å². The standard InChI is InChI=1S/C23H32N2O5S/c1-5-22(26)25(12-13-28-2)17-23(27)24(16-19-7-6-14-31-19)11-10-18-8-9-20(29-3)21(15-18)30-4/h6-9,14-15H,5,10-13,16-17H2,1-4H3. The molecule has 1 aromatic carbocycles. The van der Waals surface area contributed by atoms with Crippen LogP contribution in [0.4, 0.5) is 0 Å². The molecule has 0 N–H and O–H groups in total. The second-order valence-electron chi connectivity index (χ2n) is 7.00. The molecular weight excluding hydrogens is 416 g/mol. The molecule has 0 unspecified atom stereocenters. The maximum absolute atomic E-state index is 13.2. The van der Waals surface area contributed by atoms with Crippen LogP contribution in [0.15, 0.2) is 35.7 Å². The summed E-state index contributed by atoms with van der Waals surface area (Å²) in [5, 5.41) is 2.00. The van der Waals surface area contributed by atoms with E-state index in [4.69, 9.17) is 14.2 Å². The summed E-state index contributed by atoms with van der Waals surface area (Å²) in [6, 6.07) is 9.76. The molecule has 0 bridgehead atoms. The lowest BCUT2D eigenvalue weighted by Crippen LogP contribution is -2.44. The first kappa shape index (κ1) is 24.7. The van der Waals surface area contributed by atoms with Crippen LogP contribution < -0.4 is 9.47 Å². The normalized spacial score (nSPS) is 10.6. The van der Waals surface area contributed by atoms with E-state index in [1.807, 2.05) is 40.6 Å². The number of thiophene rings is 1. The number of carbonyl (C=O) groups excluding carboxylic acids is 2. The minimum Gasteiger partial charge on any atom is -0.493 e. The van der Waals surface area contributed by atoms with Crippen molar-refractivity contribution < 1.29 is 23.8 Å². The lowest BCUT2D eigenvalue weighted by atomic mass is 10.1. The van der Waals surface area contributed by atoms with Crippen LogP contribution in [0, 0.1) is 0 Å². The summed E-state index contributed by atoms with van der Waals surface area (Å²) in [5.41, 5.74) is 1.04. The quantitative estimate of drug-likeness (QED) is 0.471. The van der Waals surface area contributed by atoms with Gasteiger partial charge in [0.15, 0.2) is 11.5 Å². The number of methoxy groups -OCH3 is 3. The van der Waals surface area contributed by atoms with Crippen molar-refractivity contribution in [2.24, 2.45) is 0 Å². The van der Waals surface area contributed by atoms with Crippen LogP contribution in [0.5, 0.6) is 11.5 Å². The first-order valence-electron chi connectivity index (χ1n) is 10.3. The highest BCUT2D eigenvalue weighted by Crippen LogP contribution is 2.27. The van der Waals surface area contributed by atoms with Gasteiger partial charge in [-0.05, 0) is 35.6 Å². The van der Waals surface area contributed by atoms with Gasteiger partial charge in [0, 0.05) is 31.5 Å². The summed E-state index contributed by atoms with van der Waals surface area (Å²) in [5.74, 6) is 1.20. The van der Waals surface area contributed by atoms with Crippen LogP contribution in [0.3, 0.4) is 0 Å². The van der Waals surface area contributed by atoms with Gasteiger partial charge in [0.05, 0.1) is 33.9 Å². The van der Waals surface area contributed by atoms with Crippen molar-refractivity contribution in [2.45, 2.75) is 26.3 Å². The van der Waals surface area contributed by atoms with Crippen molar-refractivity contribution in [1.29, 1.82) is 0 Å². The molecule has 2 aromatic rings. The van der Waals surface area contributed by atoms with E-state index >= 15 is 0 Å². The number of hydrogen-bond donors (Lipinski definition) is 0. The molecule has 0 radical (unpaired) electrons. The Hall–Kier alpha value is -2.58. The van der Waals surface area contributed by atoms with Crippen LogP contribution in [0.1, 0.15) is 23.8 Å². The fourth-order valence-corrected chi connectivity index (χ4v) is 3.88. The third-order valence-electron chi connectivity index (χ3n) is 4.94. The van der Waals surface area contributed by atoms with Gasteiger partial charge in [-0.2, -0.15) is 0 Å². The first-order valence-corrected chi connectivity index (χ1v) is 11.2. The molecule has 0 saturated carbocycles. The van der Waals surface area contributed by atoms with E-state index in [-0.39, 0.29) is 18.4 Å². The van der Waals surface area contributed by atoms with E-state index in [0.29, 0.717) is 50.6 Å². The Bertz CT molecular complexity index is 825. The van der Waals surface area contributed by atoms with Gasteiger partial charge in [-0.15, -0.1) is 11.3 Å². The minimum absolute atomic E-state index is 0.0490.